The Balaban J connectivity index is 2.11. The zero-order valence-corrected chi connectivity index (χ0v) is 13.1. The normalized spacial score (nSPS) is 24.6. The number of hydrogen-bond donors (Lipinski definition) is 1. The van der Waals surface area contributed by atoms with E-state index in [-0.39, 0.29) is 5.82 Å². The van der Waals surface area contributed by atoms with Crippen LogP contribution >= 0.6 is 0 Å². The van der Waals surface area contributed by atoms with Gasteiger partial charge in [-0.05, 0) is 29.5 Å². The molecule has 1 heterocycles. The molecule has 20 heavy (non-hydrogen) atoms. The highest BCUT2D eigenvalue weighted by Gasteiger charge is 2.30. The lowest BCUT2D eigenvalue weighted by molar-refractivity contribution is 0.0783. The minimum absolute atomic E-state index is 0.140. The van der Waals surface area contributed by atoms with Crippen LogP contribution in [0.25, 0.3) is 0 Å². The van der Waals surface area contributed by atoms with Gasteiger partial charge in [0.05, 0.1) is 0 Å². The van der Waals surface area contributed by atoms with Gasteiger partial charge >= 0.3 is 0 Å². The second-order valence-corrected chi connectivity index (χ2v) is 6.63. The van der Waals surface area contributed by atoms with Crippen LogP contribution in [0.5, 0.6) is 0 Å². The van der Waals surface area contributed by atoms with E-state index in [1.807, 2.05) is 6.07 Å². The Morgan fingerprint density at radius 2 is 2.00 bits per heavy atom. The maximum atomic E-state index is 13.4. The maximum Gasteiger partial charge on any atom is 0.123 e. The summed E-state index contributed by atoms with van der Waals surface area (Å²) in [5.74, 6) is 1.08. The van der Waals surface area contributed by atoms with Gasteiger partial charge in [-0.1, -0.05) is 39.8 Å². The third-order valence-corrected chi connectivity index (χ3v) is 4.34. The predicted octanol–water partition coefficient (Wildman–Crippen LogP) is 3.28. The van der Waals surface area contributed by atoms with Gasteiger partial charge in [0.15, 0.2) is 0 Å². The van der Waals surface area contributed by atoms with Gasteiger partial charge in [-0.25, -0.2) is 4.39 Å². The quantitative estimate of drug-likeness (QED) is 0.909. The highest BCUT2D eigenvalue weighted by atomic mass is 19.1. The second kappa shape index (κ2) is 6.68. The van der Waals surface area contributed by atoms with Crippen LogP contribution in [-0.2, 0) is 6.54 Å². The highest BCUT2D eigenvalue weighted by Crippen LogP contribution is 2.21. The summed E-state index contributed by atoms with van der Waals surface area (Å²) in [6.45, 7) is 11.9. The summed E-state index contributed by atoms with van der Waals surface area (Å²) in [7, 11) is 0. The van der Waals surface area contributed by atoms with Gasteiger partial charge in [0, 0.05) is 31.7 Å². The number of piperazine rings is 1. The fraction of sp³-hybridized carbons (Fsp3) is 0.647. The number of nitrogens with zero attached hydrogens (tertiary/aromatic N) is 1. The Morgan fingerprint density at radius 3 is 2.60 bits per heavy atom. The molecule has 1 saturated heterocycles. The van der Waals surface area contributed by atoms with Crippen LogP contribution in [-0.4, -0.2) is 30.1 Å². The summed E-state index contributed by atoms with van der Waals surface area (Å²) in [5, 5.41) is 3.66. The first-order valence-electron chi connectivity index (χ1n) is 7.69. The second-order valence-electron chi connectivity index (χ2n) is 6.63. The molecule has 2 atom stereocenters. The van der Waals surface area contributed by atoms with Crippen molar-refractivity contribution in [3.63, 3.8) is 0 Å². The van der Waals surface area contributed by atoms with Crippen LogP contribution in [0.1, 0.15) is 33.3 Å². The molecule has 1 aromatic rings. The zero-order valence-electron chi connectivity index (χ0n) is 13.1. The van der Waals surface area contributed by atoms with E-state index in [0.29, 0.717) is 23.9 Å². The minimum atomic E-state index is -0.140. The van der Waals surface area contributed by atoms with Crippen molar-refractivity contribution in [2.45, 2.75) is 46.3 Å². The van der Waals surface area contributed by atoms with E-state index in [4.69, 9.17) is 0 Å². The Hall–Kier alpha value is -0.930. The largest absolute Gasteiger partial charge is 0.311 e. The minimum Gasteiger partial charge on any atom is -0.311 e. The van der Waals surface area contributed by atoms with Gasteiger partial charge in [-0.2, -0.15) is 0 Å². The first-order chi connectivity index (χ1) is 9.47. The lowest BCUT2D eigenvalue weighted by Crippen LogP contribution is -2.59. The molecule has 1 aliphatic heterocycles. The Labute approximate surface area is 122 Å². The van der Waals surface area contributed by atoms with Gasteiger partial charge in [-0.3, -0.25) is 4.90 Å². The molecule has 1 fully saturated rings. The molecule has 2 nitrogen and oxygen atoms in total. The molecule has 1 N–H and O–H groups in total. The number of benzene rings is 1. The summed E-state index contributed by atoms with van der Waals surface area (Å²) in [6, 6.07) is 8.04. The van der Waals surface area contributed by atoms with E-state index in [1.54, 1.807) is 12.1 Å². The van der Waals surface area contributed by atoms with Crippen molar-refractivity contribution in [2.24, 2.45) is 11.8 Å². The van der Waals surface area contributed by atoms with Crippen molar-refractivity contribution in [2.75, 3.05) is 13.1 Å². The Bertz CT molecular complexity index is 431. The third kappa shape index (κ3) is 3.80. The summed E-state index contributed by atoms with van der Waals surface area (Å²) < 4.78 is 13.4. The van der Waals surface area contributed by atoms with Crippen LogP contribution in [0.3, 0.4) is 0 Å². The van der Waals surface area contributed by atoms with Gasteiger partial charge in [0.1, 0.15) is 5.82 Å². The third-order valence-electron chi connectivity index (χ3n) is 4.34. The number of rotatable bonds is 4. The highest BCUT2D eigenvalue weighted by molar-refractivity contribution is 5.16. The van der Waals surface area contributed by atoms with E-state index in [0.717, 1.165) is 25.2 Å². The molecule has 1 aliphatic rings. The lowest BCUT2D eigenvalue weighted by Gasteiger charge is -2.43. The molecule has 112 valence electrons. The van der Waals surface area contributed by atoms with Gasteiger partial charge in [0.2, 0.25) is 0 Å². The van der Waals surface area contributed by atoms with E-state index < -0.39 is 0 Å². The zero-order chi connectivity index (χ0) is 14.7. The monoisotopic (exact) mass is 278 g/mol. The van der Waals surface area contributed by atoms with Crippen molar-refractivity contribution >= 4 is 0 Å². The molecule has 0 amide bonds. The fourth-order valence-electron chi connectivity index (χ4n) is 3.01. The first kappa shape index (κ1) is 15.5. The first-order valence-corrected chi connectivity index (χ1v) is 7.69. The maximum absolute atomic E-state index is 13.4. The van der Waals surface area contributed by atoms with E-state index in [2.05, 4.69) is 37.9 Å². The van der Waals surface area contributed by atoms with Crippen LogP contribution in [0.15, 0.2) is 24.3 Å². The molecule has 0 spiro atoms. The fourth-order valence-corrected chi connectivity index (χ4v) is 3.01. The van der Waals surface area contributed by atoms with E-state index in [9.17, 15) is 4.39 Å². The average molecular weight is 278 g/mol. The molecule has 0 aliphatic carbocycles. The van der Waals surface area contributed by atoms with Crippen LogP contribution in [0.2, 0.25) is 0 Å². The van der Waals surface area contributed by atoms with Crippen molar-refractivity contribution in [3.05, 3.63) is 35.6 Å². The molecule has 3 heteroatoms. The van der Waals surface area contributed by atoms with Crippen molar-refractivity contribution in [1.29, 1.82) is 0 Å². The number of nitrogens with one attached hydrogen (secondary N) is 1. The molecular weight excluding hydrogens is 251 g/mol. The number of hydrogen-bond acceptors (Lipinski definition) is 2. The molecule has 0 aromatic heterocycles. The van der Waals surface area contributed by atoms with Crippen molar-refractivity contribution in [1.82, 2.24) is 10.2 Å². The average Bonchev–Trinajstić information content (AvgIpc) is 2.38. The molecule has 2 unspecified atom stereocenters. The molecule has 0 saturated carbocycles. The molecular formula is C17H27FN2. The van der Waals surface area contributed by atoms with Crippen LogP contribution < -0.4 is 5.32 Å². The molecule has 2 rings (SSSR count). The summed E-state index contributed by atoms with van der Waals surface area (Å²) in [5.41, 5.74) is 1.07. The smallest absolute Gasteiger partial charge is 0.123 e. The Kier molecular flexibility index (Phi) is 5.17. The van der Waals surface area contributed by atoms with Crippen molar-refractivity contribution < 1.29 is 4.39 Å². The standard InChI is InChI=1S/C17H27FN2/c1-12(2)16-11-20(17(9-19-16)13(3)4)10-14-6-5-7-15(18)8-14/h5-8,12-13,16-17,19H,9-11H2,1-4H3. The number of halogens is 1. The van der Waals surface area contributed by atoms with Crippen LogP contribution in [0.4, 0.5) is 4.39 Å². The summed E-state index contributed by atoms with van der Waals surface area (Å²) in [6.07, 6.45) is 0. The SMILES string of the molecule is CC(C)C1CN(Cc2cccc(F)c2)C(C(C)C)CN1. The molecule has 0 radical (unpaired) electrons. The van der Waals surface area contributed by atoms with Gasteiger partial charge in [0.25, 0.3) is 0 Å². The van der Waals surface area contributed by atoms with Crippen LogP contribution in [0, 0.1) is 17.7 Å². The molecule has 0 bridgehead atoms. The molecule has 1 aromatic carbocycles. The lowest BCUT2D eigenvalue weighted by atomic mass is 9.94. The Morgan fingerprint density at radius 1 is 1.25 bits per heavy atom. The summed E-state index contributed by atoms with van der Waals surface area (Å²) >= 11 is 0. The van der Waals surface area contributed by atoms with Gasteiger partial charge in [-0.15, -0.1) is 0 Å². The summed E-state index contributed by atoms with van der Waals surface area (Å²) in [4.78, 5) is 2.51. The topological polar surface area (TPSA) is 15.3 Å². The predicted molar refractivity (Wildman–Crippen MR) is 82.1 cm³/mol. The van der Waals surface area contributed by atoms with Gasteiger partial charge < -0.3 is 5.32 Å². The van der Waals surface area contributed by atoms with E-state index in [1.165, 1.54) is 6.07 Å². The van der Waals surface area contributed by atoms with Crippen molar-refractivity contribution in [3.8, 4) is 0 Å². The van der Waals surface area contributed by atoms with E-state index >= 15 is 0 Å².